The highest BCUT2D eigenvalue weighted by atomic mass is 32.2. The molecule has 0 bridgehead atoms. The molecule has 0 aliphatic carbocycles. The molecule has 0 aliphatic rings. The van der Waals surface area contributed by atoms with E-state index in [1.165, 1.54) is 6.07 Å². The second-order valence-electron chi connectivity index (χ2n) is 2.44. The monoisotopic (exact) mass is 215 g/mol. The first-order valence-corrected chi connectivity index (χ1v) is 5.94. The Hall–Kier alpha value is -0.830. The summed E-state index contributed by atoms with van der Waals surface area (Å²) in [5.74, 6) is 2.30. The standard InChI is InChI=1S/C8H9NO2S2/c1-3-7(2)9-13(10,11)8-5-4-6-12-8/h1,4-7,9H,2H3. The van der Waals surface area contributed by atoms with Crippen LogP contribution in [0.2, 0.25) is 0 Å². The van der Waals surface area contributed by atoms with E-state index in [2.05, 4.69) is 10.6 Å². The zero-order chi connectivity index (χ0) is 9.90. The summed E-state index contributed by atoms with van der Waals surface area (Å²) >= 11 is 1.16. The quantitative estimate of drug-likeness (QED) is 0.766. The van der Waals surface area contributed by atoms with E-state index in [1.807, 2.05) is 0 Å². The molecule has 1 unspecified atom stereocenters. The highest BCUT2D eigenvalue weighted by Crippen LogP contribution is 2.15. The zero-order valence-corrected chi connectivity index (χ0v) is 8.65. The van der Waals surface area contributed by atoms with E-state index >= 15 is 0 Å². The van der Waals surface area contributed by atoms with Gasteiger partial charge in [-0.05, 0) is 18.4 Å². The van der Waals surface area contributed by atoms with E-state index < -0.39 is 16.1 Å². The van der Waals surface area contributed by atoms with Gasteiger partial charge in [-0.25, -0.2) is 8.42 Å². The number of terminal acetylenes is 1. The van der Waals surface area contributed by atoms with Crippen LogP contribution in [0.15, 0.2) is 21.7 Å². The summed E-state index contributed by atoms with van der Waals surface area (Å²) in [5.41, 5.74) is 0. The normalized spacial score (nSPS) is 13.5. The highest BCUT2D eigenvalue weighted by molar-refractivity contribution is 7.91. The maximum absolute atomic E-state index is 11.5. The van der Waals surface area contributed by atoms with Crippen LogP contribution < -0.4 is 4.72 Å². The Labute approximate surface area is 81.8 Å². The number of thiophene rings is 1. The minimum absolute atomic E-state index is 0.287. The summed E-state index contributed by atoms with van der Waals surface area (Å²) < 4.78 is 25.6. The van der Waals surface area contributed by atoms with E-state index in [0.717, 1.165) is 11.3 Å². The van der Waals surface area contributed by atoms with Gasteiger partial charge in [0.2, 0.25) is 0 Å². The lowest BCUT2D eigenvalue weighted by Crippen LogP contribution is -2.30. The number of sulfonamides is 1. The Kier molecular flexibility index (Phi) is 3.09. The highest BCUT2D eigenvalue weighted by Gasteiger charge is 2.16. The largest absolute Gasteiger partial charge is 0.251 e. The summed E-state index contributed by atoms with van der Waals surface area (Å²) in [6, 6.07) is 2.74. The third kappa shape index (κ3) is 2.56. The number of nitrogens with one attached hydrogen (secondary N) is 1. The van der Waals surface area contributed by atoms with Crippen molar-refractivity contribution in [2.24, 2.45) is 0 Å². The van der Waals surface area contributed by atoms with Crippen molar-refractivity contribution in [1.29, 1.82) is 0 Å². The first-order valence-electron chi connectivity index (χ1n) is 3.58. The van der Waals surface area contributed by atoms with Crippen LogP contribution in [0.4, 0.5) is 0 Å². The van der Waals surface area contributed by atoms with Gasteiger partial charge < -0.3 is 0 Å². The van der Waals surface area contributed by atoms with Crippen molar-refractivity contribution in [3.8, 4) is 12.3 Å². The van der Waals surface area contributed by atoms with Gasteiger partial charge in [0.05, 0.1) is 6.04 Å². The van der Waals surface area contributed by atoms with Gasteiger partial charge in [0, 0.05) is 0 Å². The molecular weight excluding hydrogens is 206 g/mol. The first-order chi connectivity index (χ1) is 6.06. The van der Waals surface area contributed by atoms with Crippen LogP contribution in [0, 0.1) is 12.3 Å². The molecule has 0 aromatic carbocycles. The Balaban J connectivity index is 2.87. The lowest BCUT2D eigenvalue weighted by atomic mass is 10.4. The molecule has 1 aromatic rings. The SMILES string of the molecule is C#CC(C)NS(=O)(=O)c1cccs1. The minimum Gasteiger partial charge on any atom is -0.206 e. The second kappa shape index (κ2) is 3.92. The minimum atomic E-state index is -3.40. The van der Waals surface area contributed by atoms with Crippen LogP contribution in [0.3, 0.4) is 0 Å². The van der Waals surface area contributed by atoms with Crippen LogP contribution in [0.5, 0.6) is 0 Å². The van der Waals surface area contributed by atoms with Crippen molar-refractivity contribution in [2.45, 2.75) is 17.2 Å². The Morgan fingerprint density at radius 3 is 2.85 bits per heavy atom. The topological polar surface area (TPSA) is 46.2 Å². The molecule has 0 amide bonds. The fraction of sp³-hybridized carbons (Fsp3) is 0.250. The summed E-state index contributed by atoms with van der Waals surface area (Å²) in [6.07, 6.45) is 5.06. The number of hydrogen-bond acceptors (Lipinski definition) is 3. The van der Waals surface area contributed by atoms with Gasteiger partial charge in [-0.3, -0.25) is 0 Å². The summed E-state index contributed by atoms with van der Waals surface area (Å²) in [7, 11) is -3.40. The molecule has 0 aliphatic heterocycles. The summed E-state index contributed by atoms with van der Waals surface area (Å²) in [5, 5.41) is 1.70. The third-order valence-electron chi connectivity index (χ3n) is 1.34. The van der Waals surface area contributed by atoms with Crippen molar-refractivity contribution >= 4 is 21.4 Å². The van der Waals surface area contributed by atoms with E-state index in [1.54, 1.807) is 18.4 Å². The smallest absolute Gasteiger partial charge is 0.206 e. The van der Waals surface area contributed by atoms with Gasteiger partial charge in [0.15, 0.2) is 0 Å². The van der Waals surface area contributed by atoms with Crippen molar-refractivity contribution in [3.05, 3.63) is 17.5 Å². The molecule has 1 aromatic heterocycles. The zero-order valence-electron chi connectivity index (χ0n) is 7.02. The molecule has 0 saturated heterocycles. The average Bonchev–Trinajstić information content (AvgIpc) is 2.55. The predicted molar refractivity (Wildman–Crippen MR) is 52.9 cm³/mol. The number of hydrogen-bond donors (Lipinski definition) is 1. The van der Waals surface area contributed by atoms with Crippen molar-refractivity contribution < 1.29 is 8.42 Å². The van der Waals surface area contributed by atoms with E-state index in [0.29, 0.717) is 0 Å². The van der Waals surface area contributed by atoms with Crippen LogP contribution in [0.1, 0.15) is 6.92 Å². The molecule has 13 heavy (non-hydrogen) atoms. The van der Waals surface area contributed by atoms with Gasteiger partial charge in [-0.15, -0.1) is 17.8 Å². The fourth-order valence-electron chi connectivity index (χ4n) is 0.741. The second-order valence-corrected chi connectivity index (χ2v) is 5.33. The first kappa shape index (κ1) is 10.3. The molecule has 1 rings (SSSR count). The molecule has 5 heteroatoms. The van der Waals surface area contributed by atoms with Gasteiger partial charge in [0.1, 0.15) is 4.21 Å². The van der Waals surface area contributed by atoms with Gasteiger partial charge >= 0.3 is 0 Å². The van der Waals surface area contributed by atoms with Crippen molar-refractivity contribution in [2.75, 3.05) is 0 Å². The molecule has 0 saturated carbocycles. The van der Waals surface area contributed by atoms with Crippen LogP contribution in [-0.4, -0.2) is 14.5 Å². The molecular formula is C8H9NO2S2. The van der Waals surface area contributed by atoms with E-state index in [9.17, 15) is 8.42 Å². The van der Waals surface area contributed by atoms with Crippen LogP contribution in [0.25, 0.3) is 0 Å². The fourth-order valence-corrected chi connectivity index (χ4v) is 2.91. The molecule has 1 N–H and O–H groups in total. The van der Waals surface area contributed by atoms with Crippen molar-refractivity contribution in [1.82, 2.24) is 4.72 Å². The van der Waals surface area contributed by atoms with E-state index in [-0.39, 0.29) is 4.21 Å². The Bertz CT molecular complexity index is 400. The van der Waals surface area contributed by atoms with Gasteiger partial charge in [0.25, 0.3) is 10.0 Å². The molecule has 1 heterocycles. The Morgan fingerprint density at radius 2 is 2.38 bits per heavy atom. The lowest BCUT2D eigenvalue weighted by Gasteiger charge is -2.06. The molecule has 0 fully saturated rings. The summed E-state index contributed by atoms with van der Waals surface area (Å²) in [4.78, 5) is 0. The van der Waals surface area contributed by atoms with Crippen molar-refractivity contribution in [3.63, 3.8) is 0 Å². The maximum Gasteiger partial charge on any atom is 0.251 e. The molecule has 1 atom stereocenters. The Morgan fingerprint density at radius 1 is 1.69 bits per heavy atom. The van der Waals surface area contributed by atoms with E-state index in [4.69, 9.17) is 6.42 Å². The molecule has 0 radical (unpaired) electrons. The van der Waals surface area contributed by atoms with Gasteiger partial charge in [-0.1, -0.05) is 12.0 Å². The van der Waals surface area contributed by atoms with Crippen LogP contribution in [-0.2, 0) is 10.0 Å². The maximum atomic E-state index is 11.5. The van der Waals surface area contributed by atoms with Crippen LogP contribution >= 0.6 is 11.3 Å². The number of rotatable bonds is 3. The predicted octanol–water partition coefficient (Wildman–Crippen LogP) is 1.05. The molecule has 0 spiro atoms. The van der Waals surface area contributed by atoms with Gasteiger partial charge in [-0.2, -0.15) is 4.72 Å². The molecule has 3 nitrogen and oxygen atoms in total. The lowest BCUT2D eigenvalue weighted by molar-refractivity contribution is 0.580. The third-order valence-corrected chi connectivity index (χ3v) is 4.28. The average molecular weight is 215 g/mol. The summed E-state index contributed by atoms with van der Waals surface area (Å²) in [6.45, 7) is 1.62. The molecule has 70 valence electrons.